The third kappa shape index (κ3) is 4.31. The summed E-state index contributed by atoms with van der Waals surface area (Å²) in [5.74, 6) is 0.806. The molecule has 0 bridgehead atoms. The summed E-state index contributed by atoms with van der Waals surface area (Å²) in [4.78, 5) is 15.3. The van der Waals surface area contributed by atoms with E-state index in [9.17, 15) is 9.18 Å². The number of hydrogen-bond donors (Lipinski definition) is 3. The maximum atomic E-state index is 14.2. The average Bonchev–Trinajstić information content (AvgIpc) is 2.69. The number of carbonyl (C=O) groups is 1. The van der Waals surface area contributed by atoms with Crippen LogP contribution in [-0.2, 0) is 5.41 Å². The number of amides is 2. The number of hydrogen-bond acceptors (Lipinski definition) is 5. The fraction of sp³-hybridized carbons (Fsp3) is 0.524. The molecular weight excluding hydrogens is 371 g/mol. The largest absolute Gasteiger partial charge is 0.368 e. The van der Waals surface area contributed by atoms with Gasteiger partial charge in [0.15, 0.2) is 0 Å². The first-order valence-corrected chi connectivity index (χ1v) is 10.3. The van der Waals surface area contributed by atoms with Crippen LogP contribution in [0.25, 0.3) is 0 Å². The molecule has 2 aromatic rings. The zero-order valence-corrected chi connectivity index (χ0v) is 16.4. The number of nitrogens with two attached hydrogens (primary N) is 1. The molecule has 0 aromatic carbocycles. The average molecular weight is 398 g/mol. The number of halogens is 1. The molecule has 2 saturated carbocycles. The highest BCUT2D eigenvalue weighted by atomic mass is 19.1. The maximum Gasteiger partial charge on any atom is 0.312 e. The van der Waals surface area contributed by atoms with Gasteiger partial charge in [0.25, 0.3) is 0 Å². The molecule has 4 N–H and O–H groups in total. The van der Waals surface area contributed by atoms with E-state index in [4.69, 9.17) is 5.73 Å². The molecule has 29 heavy (non-hydrogen) atoms. The van der Waals surface area contributed by atoms with Gasteiger partial charge in [-0.2, -0.15) is 5.10 Å². The van der Waals surface area contributed by atoms with Crippen LogP contribution in [0, 0.1) is 5.82 Å². The Morgan fingerprint density at radius 3 is 2.55 bits per heavy atom. The Labute approximate surface area is 169 Å². The highest BCUT2D eigenvalue weighted by Gasteiger charge is 2.41. The first-order valence-electron chi connectivity index (χ1n) is 10.3. The van der Waals surface area contributed by atoms with Gasteiger partial charge in [0.1, 0.15) is 11.6 Å². The highest BCUT2D eigenvalue weighted by molar-refractivity contribution is 5.71. The number of rotatable bonds is 6. The van der Waals surface area contributed by atoms with Crippen molar-refractivity contribution in [2.75, 3.05) is 11.9 Å². The Hall–Kier alpha value is -2.77. The van der Waals surface area contributed by atoms with Crippen LogP contribution in [0.1, 0.15) is 62.3 Å². The Balaban J connectivity index is 1.34. The summed E-state index contributed by atoms with van der Waals surface area (Å²) in [7, 11) is 0. The van der Waals surface area contributed by atoms with Crippen molar-refractivity contribution in [3.05, 3.63) is 47.7 Å². The van der Waals surface area contributed by atoms with Gasteiger partial charge >= 0.3 is 6.03 Å². The number of aromatic nitrogens is 3. The summed E-state index contributed by atoms with van der Waals surface area (Å²) in [6.45, 7) is 0.596. The van der Waals surface area contributed by atoms with Crippen molar-refractivity contribution < 1.29 is 9.18 Å². The summed E-state index contributed by atoms with van der Waals surface area (Å²) < 4.78 is 14.2. The summed E-state index contributed by atoms with van der Waals surface area (Å²) in [6.07, 6.45) is 8.27. The standard InChI is InChI=1S/C21H27FN6O/c22-16-3-1-12-24-19(16)21(10-2-11-21)13-25-18-9-8-17(27-28-18)14-4-6-15(7-5-14)26-20(23)29/h1,3,8-9,12,14-15H,2,4-7,10-11,13H2,(H,25,28)(H3,23,26,29)/t14-,15-. The second-order valence-corrected chi connectivity index (χ2v) is 8.22. The molecule has 2 aliphatic rings. The van der Waals surface area contributed by atoms with E-state index in [0.717, 1.165) is 50.6 Å². The van der Waals surface area contributed by atoms with E-state index >= 15 is 0 Å². The molecule has 2 amide bonds. The predicted molar refractivity (Wildman–Crippen MR) is 108 cm³/mol. The molecular formula is C21H27FN6O. The monoisotopic (exact) mass is 398 g/mol. The van der Waals surface area contributed by atoms with Crippen molar-refractivity contribution in [1.82, 2.24) is 20.5 Å². The van der Waals surface area contributed by atoms with Gasteiger partial charge in [-0.25, -0.2) is 9.18 Å². The second-order valence-electron chi connectivity index (χ2n) is 8.22. The Bertz CT molecular complexity index is 847. The lowest BCUT2D eigenvalue weighted by Crippen LogP contribution is -2.42. The van der Waals surface area contributed by atoms with Crippen LogP contribution >= 0.6 is 0 Å². The predicted octanol–water partition coefficient (Wildman–Crippen LogP) is 3.24. The van der Waals surface area contributed by atoms with E-state index in [1.807, 2.05) is 12.1 Å². The van der Waals surface area contributed by atoms with Crippen LogP contribution in [0.4, 0.5) is 15.0 Å². The van der Waals surface area contributed by atoms with E-state index < -0.39 is 6.03 Å². The minimum atomic E-state index is -0.460. The highest BCUT2D eigenvalue weighted by Crippen LogP contribution is 2.43. The molecule has 2 aromatic heterocycles. The third-order valence-electron chi connectivity index (χ3n) is 6.36. The van der Waals surface area contributed by atoms with E-state index in [2.05, 4.69) is 25.8 Å². The molecule has 2 heterocycles. The van der Waals surface area contributed by atoms with Gasteiger partial charge in [0.05, 0.1) is 11.4 Å². The van der Waals surface area contributed by atoms with E-state index in [1.165, 1.54) is 6.07 Å². The summed E-state index contributed by atoms with van der Waals surface area (Å²) in [5.41, 5.74) is 6.45. The molecule has 0 aliphatic heterocycles. The number of primary amides is 1. The molecule has 0 spiro atoms. The number of nitrogens with zero attached hydrogens (tertiary/aromatic N) is 3. The smallest absolute Gasteiger partial charge is 0.312 e. The molecule has 0 unspecified atom stereocenters. The molecule has 0 saturated heterocycles. The SMILES string of the molecule is NC(=O)N[C@H]1CC[C@H](c2ccc(NCC3(c4ncccc4F)CCC3)nn2)CC1. The number of nitrogens with one attached hydrogen (secondary N) is 2. The van der Waals surface area contributed by atoms with Crippen LogP contribution in [0.15, 0.2) is 30.5 Å². The Kier molecular flexibility index (Phi) is 5.60. The molecule has 0 atom stereocenters. The fourth-order valence-corrected chi connectivity index (χ4v) is 4.53. The number of anilines is 1. The summed E-state index contributed by atoms with van der Waals surface area (Å²) >= 11 is 0. The molecule has 7 nitrogen and oxygen atoms in total. The van der Waals surface area contributed by atoms with Crippen molar-refractivity contribution in [3.8, 4) is 0 Å². The second kappa shape index (κ2) is 8.31. The fourth-order valence-electron chi connectivity index (χ4n) is 4.53. The van der Waals surface area contributed by atoms with E-state index in [1.54, 1.807) is 12.3 Å². The van der Waals surface area contributed by atoms with E-state index in [-0.39, 0.29) is 17.3 Å². The number of pyridine rings is 1. The molecule has 4 rings (SSSR count). The number of carbonyl (C=O) groups excluding carboxylic acids is 1. The van der Waals surface area contributed by atoms with Gasteiger partial charge in [0, 0.05) is 30.1 Å². The summed E-state index contributed by atoms with van der Waals surface area (Å²) in [6, 6.07) is 6.75. The first-order chi connectivity index (χ1) is 14.1. The van der Waals surface area contributed by atoms with Crippen molar-refractivity contribution in [2.24, 2.45) is 5.73 Å². The summed E-state index contributed by atoms with van der Waals surface area (Å²) in [5, 5.41) is 14.9. The molecule has 2 fully saturated rings. The zero-order chi connectivity index (χ0) is 20.3. The zero-order valence-electron chi connectivity index (χ0n) is 16.4. The lowest BCUT2D eigenvalue weighted by atomic mass is 9.66. The van der Waals surface area contributed by atoms with Crippen molar-refractivity contribution in [3.63, 3.8) is 0 Å². The maximum absolute atomic E-state index is 14.2. The van der Waals surface area contributed by atoms with Crippen molar-refractivity contribution in [1.29, 1.82) is 0 Å². The third-order valence-corrected chi connectivity index (χ3v) is 6.36. The van der Waals surface area contributed by atoms with Gasteiger partial charge < -0.3 is 16.4 Å². The number of urea groups is 1. The topological polar surface area (TPSA) is 106 Å². The molecule has 0 radical (unpaired) electrons. The van der Waals surface area contributed by atoms with Crippen LogP contribution < -0.4 is 16.4 Å². The van der Waals surface area contributed by atoms with E-state index in [0.29, 0.717) is 24.0 Å². The lowest BCUT2D eigenvalue weighted by Gasteiger charge is -2.41. The van der Waals surface area contributed by atoms with Crippen LogP contribution in [-0.4, -0.2) is 33.8 Å². The van der Waals surface area contributed by atoms with Gasteiger partial charge in [-0.3, -0.25) is 4.98 Å². The van der Waals surface area contributed by atoms with Crippen molar-refractivity contribution in [2.45, 2.75) is 62.3 Å². The quantitative estimate of drug-likeness (QED) is 0.693. The van der Waals surface area contributed by atoms with Gasteiger partial charge in [-0.15, -0.1) is 5.10 Å². The first kappa shape index (κ1) is 19.5. The van der Waals surface area contributed by atoms with Gasteiger partial charge in [-0.1, -0.05) is 6.42 Å². The molecule has 2 aliphatic carbocycles. The van der Waals surface area contributed by atoms with Crippen molar-refractivity contribution >= 4 is 11.8 Å². The van der Waals surface area contributed by atoms with Gasteiger partial charge in [0.2, 0.25) is 0 Å². The minimum absolute atomic E-state index is 0.156. The molecule has 154 valence electrons. The van der Waals surface area contributed by atoms with Crippen LogP contribution in [0.5, 0.6) is 0 Å². The molecule has 8 heteroatoms. The van der Waals surface area contributed by atoms with Crippen LogP contribution in [0.2, 0.25) is 0 Å². The minimum Gasteiger partial charge on any atom is -0.368 e. The Morgan fingerprint density at radius 1 is 1.17 bits per heavy atom. The normalized spacial score (nSPS) is 23.1. The van der Waals surface area contributed by atoms with Crippen LogP contribution in [0.3, 0.4) is 0 Å². The van der Waals surface area contributed by atoms with Gasteiger partial charge in [-0.05, 0) is 62.8 Å². The Morgan fingerprint density at radius 2 is 1.97 bits per heavy atom. The lowest BCUT2D eigenvalue weighted by molar-refractivity contribution is 0.239.